The topological polar surface area (TPSA) is 74.4 Å². The van der Waals surface area contributed by atoms with Gasteiger partial charge in [-0.3, -0.25) is 4.79 Å². The molecule has 0 unspecified atom stereocenters. The Bertz CT molecular complexity index is 845. The van der Waals surface area contributed by atoms with Crippen LogP contribution in [0, 0.1) is 0 Å². The molecule has 1 fully saturated rings. The lowest BCUT2D eigenvalue weighted by Gasteiger charge is -2.43. The summed E-state index contributed by atoms with van der Waals surface area (Å²) in [6.07, 6.45) is 0.695. The maximum Gasteiger partial charge on any atom is 0.267 e. The van der Waals surface area contributed by atoms with E-state index in [2.05, 4.69) is 44.9 Å². The van der Waals surface area contributed by atoms with E-state index in [4.69, 9.17) is 14.9 Å². The second-order valence-corrected chi connectivity index (χ2v) is 13.6. The molecule has 5 nitrogen and oxygen atoms in total. The number of amides is 1. The molecule has 3 rings (SSSR count). The van der Waals surface area contributed by atoms with E-state index in [1.54, 1.807) is 0 Å². The Morgan fingerprint density at radius 2 is 2.00 bits per heavy atom. The number of hydrogen-bond acceptors (Lipinski definition) is 4. The van der Waals surface area contributed by atoms with E-state index in [9.17, 15) is 4.79 Å². The van der Waals surface area contributed by atoms with Crippen molar-refractivity contribution in [3.05, 3.63) is 41.6 Å². The fraction of sp³-hybridized carbons (Fsp3) is 0.524. The normalized spacial score (nSPS) is 21.4. The Hall–Kier alpha value is -1.76. The summed E-state index contributed by atoms with van der Waals surface area (Å²) in [5, 5.41) is 1.11. The summed E-state index contributed by atoms with van der Waals surface area (Å²) in [6.45, 7) is 12.3. The molecule has 0 aliphatic carbocycles. The Morgan fingerprint density at radius 1 is 1.30 bits per heavy atom. The van der Waals surface area contributed by atoms with E-state index in [1.807, 2.05) is 24.3 Å². The van der Waals surface area contributed by atoms with Gasteiger partial charge in [-0.1, -0.05) is 39.0 Å². The lowest BCUT2D eigenvalue weighted by Crippen LogP contribution is -2.48. The van der Waals surface area contributed by atoms with Gasteiger partial charge in [0.15, 0.2) is 8.32 Å². The van der Waals surface area contributed by atoms with Gasteiger partial charge in [0.05, 0.1) is 18.2 Å². The maximum absolute atomic E-state index is 12.2. The monoisotopic (exact) mass is 386 g/mol. The van der Waals surface area contributed by atoms with Crippen LogP contribution >= 0.6 is 0 Å². The average molecular weight is 387 g/mol. The van der Waals surface area contributed by atoms with E-state index in [0.29, 0.717) is 18.9 Å². The van der Waals surface area contributed by atoms with Gasteiger partial charge >= 0.3 is 0 Å². The van der Waals surface area contributed by atoms with Gasteiger partial charge in [0.25, 0.3) is 5.91 Å². The molecule has 6 heteroatoms. The number of carbonyl (C=O) groups excluding carboxylic acids is 1. The third-order valence-electron chi connectivity index (χ3n) is 5.94. The van der Waals surface area contributed by atoms with Crippen molar-refractivity contribution in [2.75, 3.05) is 13.2 Å². The minimum absolute atomic E-state index is 0.0486. The molecule has 2 aromatic rings. The molecule has 1 aromatic carbocycles. The van der Waals surface area contributed by atoms with Gasteiger partial charge in [0, 0.05) is 17.9 Å². The fourth-order valence-corrected chi connectivity index (χ4v) is 4.69. The maximum atomic E-state index is 12.2. The molecule has 2 atom stereocenters. The van der Waals surface area contributed by atoms with E-state index in [0.717, 1.165) is 22.9 Å². The summed E-state index contributed by atoms with van der Waals surface area (Å²) in [5.74, 6) is -0.444. The summed E-state index contributed by atoms with van der Waals surface area (Å²) >= 11 is 0. The minimum atomic E-state index is -1.98. The SMILES string of the molecule is CC(C)(C)[Si](C)(C)O[C@H]1COCC[C@H]1c1cc2ccccc2nc1C(N)=O. The van der Waals surface area contributed by atoms with Gasteiger partial charge in [-0.25, -0.2) is 4.98 Å². The number of rotatable bonds is 4. The quantitative estimate of drug-likeness (QED) is 0.798. The van der Waals surface area contributed by atoms with Crippen molar-refractivity contribution >= 4 is 25.1 Å². The molecular formula is C21H30N2O3Si. The van der Waals surface area contributed by atoms with Gasteiger partial charge in [-0.2, -0.15) is 0 Å². The van der Waals surface area contributed by atoms with Crippen LogP contribution in [0.4, 0.5) is 0 Å². The summed E-state index contributed by atoms with van der Waals surface area (Å²) < 4.78 is 12.4. The number of hydrogen-bond donors (Lipinski definition) is 1. The molecule has 0 radical (unpaired) electrons. The van der Waals surface area contributed by atoms with Crippen molar-refractivity contribution < 1.29 is 14.0 Å². The van der Waals surface area contributed by atoms with Crippen LogP contribution < -0.4 is 5.73 Å². The smallest absolute Gasteiger partial charge is 0.267 e. The summed E-state index contributed by atoms with van der Waals surface area (Å²) in [7, 11) is -1.98. The van der Waals surface area contributed by atoms with Gasteiger partial charge in [-0.05, 0) is 42.2 Å². The molecule has 0 spiro atoms. The van der Waals surface area contributed by atoms with Crippen molar-refractivity contribution in [2.45, 2.75) is 57.3 Å². The van der Waals surface area contributed by atoms with Gasteiger partial charge in [-0.15, -0.1) is 0 Å². The standard InChI is InChI=1S/C21H30N2O3Si/c1-21(2,3)27(4,5)26-18-13-25-11-10-15(18)16-12-14-8-6-7-9-17(14)23-19(16)20(22)24/h6-9,12,15,18H,10-11,13H2,1-5H3,(H2,22,24)/t15-,18-/m0/s1. The highest BCUT2D eigenvalue weighted by molar-refractivity contribution is 6.74. The minimum Gasteiger partial charge on any atom is -0.411 e. The highest BCUT2D eigenvalue weighted by Crippen LogP contribution is 2.41. The lowest BCUT2D eigenvalue weighted by molar-refractivity contribution is -0.0140. The van der Waals surface area contributed by atoms with Crippen LogP contribution in [-0.4, -0.2) is 38.5 Å². The number of carbonyl (C=O) groups is 1. The van der Waals surface area contributed by atoms with Crippen LogP contribution in [0.5, 0.6) is 0 Å². The van der Waals surface area contributed by atoms with Gasteiger partial charge in [0.2, 0.25) is 0 Å². The number of benzene rings is 1. The Balaban J connectivity index is 2.04. The van der Waals surface area contributed by atoms with Gasteiger partial charge in [0.1, 0.15) is 5.69 Å². The number of nitrogens with two attached hydrogens (primary N) is 1. The first-order valence-corrected chi connectivity index (χ1v) is 12.5. The largest absolute Gasteiger partial charge is 0.411 e. The first-order chi connectivity index (χ1) is 12.6. The number of pyridine rings is 1. The molecule has 2 N–H and O–H groups in total. The zero-order chi connectivity index (χ0) is 19.8. The molecule has 1 aliphatic heterocycles. The zero-order valence-electron chi connectivity index (χ0n) is 16.9. The second kappa shape index (κ2) is 7.34. The molecule has 2 heterocycles. The van der Waals surface area contributed by atoms with Crippen molar-refractivity contribution in [3.8, 4) is 0 Å². The molecule has 1 saturated heterocycles. The molecule has 0 bridgehead atoms. The third-order valence-corrected chi connectivity index (χ3v) is 10.4. The predicted molar refractivity (Wildman–Crippen MR) is 111 cm³/mol. The van der Waals surface area contributed by atoms with Crippen molar-refractivity contribution in [1.29, 1.82) is 0 Å². The summed E-state index contributed by atoms with van der Waals surface area (Å²) in [5.41, 5.74) is 7.70. The number of para-hydroxylation sites is 1. The molecular weight excluding hydrogens is 356 g/mol. The van der Waals surface area contributed by atoms with Crippen LogP contribution in [0.2, 0.25) is 18.1 Å². The zero-order valence-corrected chi connectivity index (χ0v) is 17.9. The van der Waals surface area contributed by atoms with Gasteiger partial charge < -0.3 is 14.9 Å². The number of primary amides is 1. The Labute approximate surface area is 162 Å². The first kappa shape index (κ1) is 20.0. The lowest BCUT2D eigenvalue weighted by atomic mass is 9.87. The predicted octanol–water partition coefficient (Wildman–Crippen LogP) is 4.23. The summed E-state index contributed by atoms with van der Waals surface area (Å²) in [4.78, 5) is 16.7. The van der Waals surface area contributed by atoms with E-state index < -0.39 is 14.2 Å². The third kappa shape index (κ3) is 4.07. The number of ether oxygens (including phenoxy) is 1. The highest BCUT2D eigenvalue weighted by atomic mass is 28.4. The summed E-state index contributed by atoms with van der Waals surface area (Å²) in [6, 6.07) is 9.86. The average Bonchev–Trinajstić information content (AvgIpc) is 2.59. The van der Waals surface area contributed by atoms with Crippen LogP contribution in [0.3, 0.4) is 0 Å². The number of nitrogens with zero attached hydrogens (tertiary/aromatic N) is 1. The number of fused-ring (bicyclic) bond motifs is 1. The van der Waals surface area contributed by atoms with E-state index in [-0.39, 0.29) is 17.1 Å². The van der Waals surface area contributed by atoms with Crippen molar-refractivity contribution in [2.24, 2.45) is 5.73 Å². The molecule has 1 amide bonds. The molecule has 146 valence electrons. The van der Waals surface area contributed by atoms with Crippen LogP contribution in [-0.2, 0) is 9.16 Å². The second-order valence-electron chi connectivity index (χ2n) is 8.87. The molecule has 0 saturated carbocycles. The van der Waals surface area contributed by atoms with Crippen LogP contribution in [0.15, 0.2) is 30.3 Å². The van der Waals surface area contributed by atoms with Crippen LogP contribution in [0.1, 0.15) is 49.2 Å². The molecule has 1 aliphatic rings. The van der Waals surface area contributed by atoms with E-state index in [1.165, 1.54) is 0 Å². The molecule has 1 aromatic heterocycles. The first-order valence-electron chi connectivity index (χ1n) is 9.55. The molecule has 27 heavy (non-hydrogen) atoms. The Morgan fingerprint density at radius 3 is 2.67 bits per heavy atom. The van der Waals surface area contributed by atoms with E-state index >= 15 is 0 Å². The Kier molecular flexibility index (Phi) is 5.43. The van der Waals surface area contributed by atoms with Crippen molar-refractivity contribution in [1.82, 2.24) is 4.98 Å². The highest BCUT2D eigenvalue weighted by Gasteiger charge is 2.42. The fourth-order valence-electron chi connectivity index (χ4n) is 3.35. The van der Waals surface area contributed by atoms with Crippen molar-refractivity contribution in [3.63, 3.8) is 0 Å². The van der Waals surface area contributed by atoms with Crippen LogP contribution in [0.25, 0.3) is 10.9 Å². The number of aromatic nitrogens is 1.